The molecule has 1 saturated heterocycles. The van der Waals surface area contributed by atoms with Crippen molar-refractivity contribution in [1.82, 2.24) is 4.90 Å². The third kappa shape index (κ3) is 4.93. The molecule has 1 fully saturated rings. The van der Waals surface area contributed by atoms with E-state index in [9.17, 15) is 14.4 Å². The number of imide groups is 1. The van der Waals surface area contributed by atoms with E-state index in [1.165, 1.54) is 4.90 Å². The molecule has 4 rings (SSSR count). The first-order valence-electron chi connectivity index (χ1n) is 9.87. The van der Waals surface area contributed by atoms with Gasteiger partial charge in [0.25, 0.3) is 17.1 Å². The number of halogens is 1. The van der Waals surface area contributed by atoms with Crippen LogP contribution in [-0.4, -0.2) is 22.0 Å². The Labute approximate surface area is 195 Å². The molecule has 0 unspecified atom stereocenters. The van der Waals surface area contributed by atoms with E-state index in [0.29, 0.717) is 21.1 Å². The molecule has 0 bridgehead atoms. The Bertz CT molecular complexity index is 1240. The molecule has 0 saturated carbocycles. The highest BCUT2D eigenvalue weighted by molar-refractivity contribution is 8.18. The van der Waals surface area contributed by atoms with Crippen molar-refractivity contribution in [3.63, 3.8) is 0 Å². The van der Waals surface area contributed by atoms with Gasteiger partial charge >= 0.3 is 0 Å². The number of hydrogen-bond acceptors (Lipinski definition) is 4. The summed E-state index contributed by atoms with van der Waals surface area (Å²) in [6.07, 6.45) is 1.63. The fourth-order valence-corrected chi connectivity index (χ4v) is 4.26. The van der Waals surface area contributed by atoms with Crippen LogP contribution >= 0.6 is 23.4 Å². The summed E-state index contributed by atoms with van der Waals surface area (Å²) in [5.41, 5.74) is 3.70. The normalized spacial score (nSPS) is 14.8. The number of hydrogen-bond donors (Lipinski definition) is 1. The van der Waals surface area contributed by atoms with E-state index < -0.39 is 0 Å². The van der Waals surface area contributed by atoms with Gasteiger partial charge in [0.1, 0.15) is 0 Å². The van der Waals surface area contributed by atoms with Crippen molar-refractivity contribution < 1.29 is 14.4 Å². The Kier molecular flexibility index (Phi) is 6.44. The van der Waals surface area contributed by atoms with Crippen molar-refractivity contribution in [3.05, 3.63) is 105 Å². The van der Waals surface area contributed by atoms with Crippen LogP contribution in [0.1, 0.15) is 27.0 Å². The second kappa shape index (κ2) is 9.42. The number of amides is 3. The molecule has 32 heavy (non-hydrogen) atoms. The number of nitrogens with one attached hydrogen (secondary N) is 1. The Balaban J connectivity index is 1.44. The molecule has 7 heteroatoms. The number of benzene rings is 3. The molecule has 1 heterocycles. The number of anilines is 1. The van der Waals surface area contributed by atoms with Crippen LogP contribution in [0, 0.1) is 6.92 Å². The van der Waals surface area contributed by atoms with Crippen LogP contribution in [0.3, 0.4) is 0 Å². The molecule has 1 aliphatic heterocycles. The monoisotopic (exact) mass is 462 g/mol. The van der Waals surface area contributed by atoms with Gasteiger partial charge in [-0.15, -0.1) is 0 Å². The third-order valence-electron chi connectivity index (χ3n) is 4.90. The Hall–Kier alpha value is -3.35. The highest BCUT2D eigenvalue weighted by Crippen LogP contribution is 2.34. The number of nitrogens with zero attached hydrogens (tertiary/aromatic N) is 1. The summed E-state index contributed by atoms with van der Waals surface area (Å²) in [6.45, 7) is 2.09. The lowest BCUT2D eigenvalue weighted by molar-refractivity contribution is -0.123. The van der Waals surface area contributed by atoms with E-state index in [1.54, 1.807) is 48.5 Å². The Morgan fingerprint density at radius 3 is 2.50 bits per heavy atom. The molecule has 3 aromatic rings. The second-order valence-corrected chi connectivity index (χ2v) is 8.71. The maximum absolute atomic E-state index is 12.8. The van der Waals surface area contributed by atoms with Crippen LogP contribution in [-0.2, 0) is 11.3 Å². The number of aryl methyl sites for hydroxylation is 1. The SMILES string of the molecule is Cc1cccc(NC(=O)c2ccc(CN3C(=O)S/C(=C\c4ccccc4Cl)C3=O)cc2)c1. The van der Waals surface area contributed by atoms with Crippen molar-refractivity contribution in [2.75, 3.05) is 5.32 Å². The quantitative estimate of drug-likeness (QED) is 0.462. The van der Waals surface area contributed by atoms with E-state index in [4.69, 9.17) is 11.6 Å². The summed E-state index contributed by atoms with van der Waals surface area (Å²) in [5.74, 6) is -0.586. The third-order valence-corrected chi connectivity index (χ3v) is 6.15. The molecular weight excluding hydrogens is 444 g/mol. The van der Waals surface area contributed by atoms with Crippen molar-refractivity contribution >= 4 is 52.2 Å². The lowest BCUT2D eigenvalue weighted by atomic mass is 10.1. The van der Waals surface area contributed by atoms with Gasteiger partial charge in [0.15, 0.2) is 0 Å². The maximum Gasteiger partial charge on any atom is 0.293 e. The van der Waals surface area contributed by atoms with Gasteiger partial charge in [0.05, 0.1) is 11.4 Å². The minimum atomic E-state index is -0.360. The average molecular weight is 463 g/mol. The molecule has 0 aliphatic carbocycles. The molecule has 0 atom stereocenters. The highest BCUT2D eigenvalue weighted by atomic mass is 35.5. The maximum atomic E-state index is 12.8. The van der Waals surface area contributed by atoms with Crippen molar-refractivity contribution in [3.8, 4) is 0 Å². The van der Waals surface area contributed by atoms with E-state index in [2.05, 4.69) is 5.32 Å². The topological polar surface area (TPSA) is 66.5 Å². The first kappa shape index (κ1) is 21.9. The largest absolute Gasteiger partial charge is 0.322 e. The summed E-state index contributed by atoms with van der Waals surface area (Å²) in [7, 11) is 0. The average Bonchev–Trinajstić information content (AvgIpc) is 3.03. The van der Waals surface area contributed by atoms with Gasteiger partial charge in [-0.05, 0) is 71.8 Å². The molecule has 5 nitrogen and oxygen atoms in total. The molecule has 0 radical (unpaired) electrons. The standard InChI is InChI=1S/C25H19ClN2O3S/c1-16-5-4-7-20(13-16)27-23(29)18-11-9-17(10-12-18)15-28-24(30)22(32-25(28)31)14-19-6-2-3-8-21(19)26/h2-14H,15H2,1H3,(H,27,29)/b22-14-. The van der Waals surface area contributed by atoms with Crippen LogP contribution in [0.15, 0.2) is 77.7 Å². The molecule has 3 aromatic carbocycles. The predicted octanol–water partition coefficient (Wildman–Crippen LogP) is 6.14. The number of rotatable bonds is 5. The highest BCUT2D eigenvalue weighted by Gasteiger charge is 2.35. The fraction of sp³-hybridized carbons (Fsp3) is 0.0800. The lowest BCUT2D eigenvalue weighted by Gasteiger charge is -2.13. The summed E-state index contributed by atoms with van der Waals surface area (Å²) < 4.78 is 0. The molecule has 1 N–H and O–H groups in total. The molecular formula is C25H19ClN2O3S. The first-order valence-corrected chi connectivity index (χ1v) is 11.1. The van der Waals surface area contributed by atoms with Gasteiger partial charge in [-0.2, -0.15) is 0 Å². The molecule has 3 amide bonds. The van der Waals surface area contributed by atoms with Gasteiger partial charge in [-0.3, -0.25) is 19.3 Å². The lowest BCUT2D eigenvalue weighted by Crippen LogP contribution is -2.27. The van der Waals surface area contributed by atoms with Crippen LogP contribution in [0.2, 0.25) is 5.02 Å². The van der Waals surface area contributed by atoms with Crippen LogP contribution in [0.25, 0.3) is 6.08 Å². The van der Waals surface area contributed by atoms with E-state index in [1.807, 2.05) is 37.3 Å². The summed E-state index contributed by atoms with van der Waals surface area (Å²) in [6, 6.07) is 21.5. The Morgan fingerprint density at radius 2 is 1.78 bits per heavy atom. The fourth-order valence-electron chi connectivity index (χ4n) is 3.24. The zero-order chi connectivity index (χ0) is 22.7. The van der Waals surface area contributed by atoms with E-state index in [-0.39, 0.29) is 23.6 Å². The molecule has 0 aromatic heterocycles. The number of carbonyl (C=O) groups excluding carboxylic acids is 3. The Morgan fingerprint density at radius 1 is 1.03 bits per heavy atom. The molecule has 0 spiro atoms. The minimum Gasteiger partial charge on any atom is -0.322 e. The van der Waals surface area contributed by atoms with E-state index in [0.717, 1.165) is 28.6 Å². The van der Waals surface area contributed by atoms with Crippen LogP contribution in [0.4, 0.5) is 10.5 Å². The predicted molar refractivity (Wildman–Crippen MR) is 129 cm³/mol. The zero-order valence-corrected chi connectivity index (χ0v) is 18.7. The summed E-state index contributed by atoms with van der Waals surface area (Å²) in [4.78, 5) is 39.2. The number of carbonyl (C=O) groups is 3. The van der Waals surface area contributed by atoms with Crippen LogP contribution in [0.5, 0.6) is 0 Å². The van der Waals surface area contributed by atoms with E-state index >= 15 is 0 Å². The summed E-state index contributed by atoms with van der Waals surface area (Å²) >= 11 is 7.05. The van der Waals surface area contributed by atoms with Crippen LogP contribution < -0.4 is 5.32 Å². The van der Waals surface area contributed by atoms with Crippen molar-refractivity contribution in [2.45, 2.75) is 13.5 Å². The van der Waals surface area contributed by atoms with Gasteiger partial charge in [-0.1, -0.05) is 54.1 Å². The van der Waals surface area contributed by atoms with Gasteiger partial charge in [0.2, 0.25) is 0 Å². The van der Waals surface area contributed by atoms with Gasteiger partial charge in [0, 0.05) is 16.3 Å². The minimum absolute atomic E-state index is 0.129. The van der Waals surface area contributed by atoms with Gasteiger partial charge < -0.3 is 5.32 Å². The summed E-state index contributed by atoms with van der Waals surface area (Å²) in [5, 5.41) is 3.03. The first-order chi connectivity index (χ1) is 15.4. The molecule has 1 aliphatic rings. The molecule has 160 valence electrons. The zero-order valence-electron chi connectivity index (χ0n) is 17.2. The second-order valence-electron chi connectivity index (χ2n) is 7.31. The smallest absolute Gasteiger partial charge is 0.293 e. The number of thioether (sulfide) groups is 1. The van der Waals surface area contributed by atoms with Crippen molar-refractivity contribution in [1.29, 1.82) is 0 Å². The van der Waals surface area contributed by atoms with Gasteiger partial charge in [-0.25, -0.2) is 0 Å². The van der Waals surface area contributed by atoms with Crippen molar-refractivity contribution in [2.24, 2.45) is 0 Å².